The number of rotatable bonds is 4. The lowest BCUT2D eigenvalue weighted by Crippen LogP contribution is -2.04. The van der Waals surface area contributed by atoms with Crippen LogP contribution in [0.4, 0.5) is 0 Å². The van der Waals surface area contributed by atoms with Gasteiger partial charge in [-0.3, -0.25) is 4.79 Å². The minimum absolute atomic E-state index is 0.154. The Morgan fingerprint density at radius 3 is 2.62 bits per heavy atom. The molecular weight excluding hydrogens is 208 g/mol. The molecule has 1 rings (SSSR count). The van der Waals surface area contributed by atoms with Crippen molar-refractivity contribution in [2.45, 2.75) is 12.8 Å². The van der Waals surface area contributed by atoms with Crippen LogP contribution in [-0.2, 0) is 14.6 Å². The molecule has 0 unspecified atom stereocenters. The monoisotopic (exact) mass is 220 g/mol. The number of ketones is 1. The second kappa shape index (κ2) is 4.28. The summed E-state index contributed by atoms with van der Waals surface area (Å²) < 4.78 is 21.5. The van der Waals surface area contributed by atoms with Gasteiger partial charge < -0.3 is 0 Å². The van der Waals surface area contributed by atoms with E-state index in [9.17, 15) is 13.2 Å². The van der Waals surface area contributed by atoms with E-state index in [1.54, 1.807) is 6.08 Å². The van der Waals surface area contributed by atoms with Crippen molar-refractivity contribution in [2.75, 3.05) is 17.8 Å². The molecule has 0 heterocycles. The predicted octanol–water partition coefficient (Wildman–Crippen LogP) is 1.01. The second-order valence-corrected chi connectivity index (χ2v) is 6.54. The van der Waals surface area contributed by atoms with Crippen LogP contribution in [-0.4, -0.2) is 32.0 Å². The number of thioether (sulfide) groups is 1. The minimum Gasteiger partial charge on any atom is -0.295 e. The van der Waals surface area contributed by atoms with Gasteiger partial charge >= 0.3 is 0 Å². The Morgan fingerprint density at radius 1 is 1.46 bits per heavy atom. The zero-order chi connectivity index (χ0) is 9.90. The maximum absolute atomic E-state index is 10.8. The Morgan fingerprint density at radius 2 is 2.15 bits per heavy atom. The number of hydrogen-bond donors (Lipinski definition) is 0. The second-order valence-electron chi connectivity index (χ2n) is 3.06. The first kappa shape index (κ1) is 10.8. The van der Waals surface area contributed by atoms with Crippen LogP contribution in [0.2, 0.25) is 0 Å². The lowest BCUT2D eigenvalue weighted by Gasteiger charge is -1.99. The molecular formula is C8H12O3S2. The standard InChI is InChI=1S/C8H12O3S2/c1-13(10,11)5-4-12-8-3-2-7(9)6-8/h6H,2-5H2,1H3. The number of carbonyl (C=O) groups excluding carboxylic acids is 1. The van der Waals surface area contributed by atoms with Crippen molar-refractivity contribution in [1.82, 2.24) is 0 Å². The van der Waals surface area contributed by atoms with Gasteiger partial charge in [-0.25, -0.2) is 8.42 Å². The Hall–Kier alpha value is -0.290. The van der Waals surface area contributed by atoms with Crippen molar-refractivity contribution in [3.8, 4) is 0 Å². The molecule has 0 N–H and O–H groups in total. The molecule has 3 nitrogen and oxygen atoms in total. The topological polar surface area (TPSA) is 51.2 Å². The fraction of sp³-hybridized carbons (Fsp3) is 0.625. The van der Waals surface area contributed by atoms with Crippen LogP contribution in [0.3, 0.4) is 0 Å². The molecule has 0 aromatic heterocycles. The zero-order valence-electron chi connectivity index (χ0n) is 7.45. The van der Waals surface area contributed by atoms with Crippen molar-refractivity contribution >= 4 is 27.4 Å². The molecule has 13 heavy (non-hydrogen) atoms. The molecule has 0 aromatic carbocycles. The molecule has 0 fully saturated rings. The summed E-state index contributed by atoms with van der Waals surface area (Å²) in [5.41, 5.74) is 0. The van der Waals surface area contributed by atoms with E-state index in [0.717, 1.165) is 11.3 Å². The molecule has 0 aliphatic heterocycles. The third-order valence-corrected chi connectivity index (χ3v) is 3.99. The summed E-state index contributed by atoms with van der Waals surface area (Å²) in [5, 5.41) is 0. The summed E-state index contributed by atoms with van der Waals surface area (Å²) >= 11 is 1.48. The molecule has 0 radical (unpaired) electrons. The molecule has 0 spiro atoms. The summed E-state index contributed by atoms with van der Waals surface area (Å²) in [5.74, 6) is 0.892. The third kappa shape index (κ3) is 4.47. The Kier molecular flexibility index (Phi) is 3.55. The Balaban J connectivity index is 2.28. The van der Waals surface area contributed by atoms with E-state index in [0.29, 0.717) is 12.2 Å². The maximum Gasteiger partial charge on any atom is 0.156 e. The zero-order valence-corrected chi connectivity index (χ0v) is 9.08. The van der Waals surface area contributed by atoms with Crippen LogP contribution >= 0.6 is 11.8 Å². The van der Waals surface area contributed by atoms with E-state index < -0.39 is 9.84 Å². The van der Waals surface area contributed by atoms with Crippen molar-refractivity contribution < 1.29 is 13.2 Å². The van der Waals surface area contributed by atoms with Crippen LogP contribution in [0.25, 0.3) is 0 Å². The van der Waals surface area contributed by atoms with E-state index in [1.807, 2.05) is 0 Å². The van der Waals surface area contributed by atoms with Gasteiger partial charge in [0.1, 0.15) is 9.84 Å². The van der Waals surface area contributed by atoms with Gasteiger partial charge in [-0.05, 0) is 17.4 Å². The van der Waals surface area contributed by atoms with Gasteiger partial charge in [0.2, 0.25) is 0 Å². The van der Waals surface area contributed by atoms with E-state index in [1.165, 1.54) is 18.0 Å². The highest BCUT2D eigenvalue weighted by Gasteiger charge is 2.12. The van der Waals surface area contributed by atoms with Crippen LogP contribution in [0, 0.1) is 0 Å². The fourth-order valence-corrected chi connectivity index (χ4v) is 3.28. The van der Waals surface area contributed by atoms with Gasteiger partial charge in [0.25, 0.3) is 0 Å². The number of allylic oxidation sites excluding steroid dienone is 2. The summed E-state index contributed by atoms with van der Waals surface area (Å²) in [7, 11) is -2.86. The highest BCUT2D eigenvalue weighted by Crippen LogP contribution is 2.26. The van der Waals surface area contributed by atoms with Crippen molar-refractivity contribution in [1.29, 1.82) is 0 Å². The summed E-state index contributed by atoms with van der Waals surface area (Å²) in [6.45, 7) is 0. The quantitative estimate of drug-likeness (QED) is 0.709. The SMILES string of the molecule is CS(=O)(=O)CCSC1=CC(=O)CC1. The Labute approximate surface area is 82.5 Å². The minimum atomic E-state index is -2.86. The lowest BCUT2D eigenvalue weighted by atomic mass is 10.3. The first-order chi connectivity index (χ1) is 5.97. The molecule has 1 aliphatic carbocycles. The number of carbonyl (C=O) groups is 1. The highest BCUT2D eigenvalue weighted by atomic mass is 32.2. The van der Waals surface area contributed by atoms with Crippen molar-refractivity contribution in [2.24, 2.45) is 0 Å². The average Bonchev–Trinajstić information content (AvgIpc) is 2.33. The van der Waals surface area contributed by atoms with Crippen LogP contribution in [0.1, 0.15) is 12.8 Å². The predicted molar refractivity (Wildman–Crippen MR) is 54.5 cm³/mol. The molecule has 0 amide bonds. The molecule has 74 valence electrons. The van der Waals surface area contributed by atoms with Gasteiger partial charge in [0.15, 0.2) is 5.78 Å². The molecule has 0 aromatic rings. The molecule has 5 heteroatoms. The van der Waals surface area contributed by atoms with E-state index in [2.05, 4.69) is 0 Å². The normalized spacial score (nSPS) is 17.6. The average molecular weight is 220 g/mol. The summed E-state index contributed by atoms with van der Waals surface area (Å²) in [6, 6.07) is 0. The molecule has 0 atom stereocenters. The van der Waals surface area contributed by atoms with Gasteiger partial charge in [-0.2, -0.15) is 0 Å². The molecule has 0 saturated heterocycles. The van der Waals surface area contributed by atoms with Gasteiger partial charge in [0.05, 0.1) is 5.75 Å². The van der Waals surface area contributed by atoms with Crippen LogP contribution in [0.15, 0.2) is 11.0 Å². The van der Waals surface area contributed by atoms with Crippen molar-refractivity contribution in [3.05, 3.63) is 11.0 Å². The number of sulfone groups is 1. The van der Waals surface area contributed by atoms with Crippen molar-refractivity contribution in [3.63, 3.8) is 0 Å². The largest absolute Gasteiger partial charge is 0.295 e. The number of hydrogen-bond acceptors (Lipinski definition) is 4. The van der Waals surface area contributed by atoms with Gasteiger partial charge in [-0.15, -0.1) is 11.8 Å². The highest BCUT2D eigenvalue weighted by molar-refractivity contribution is 8.04. The van der Waals surface area contributed by atoms with Gasteiger partial charge in [-0.1, -0.05) is 0 Å². The first-order valence-electron chi connectivity index (χ1n) is 4.01. The Bertz CT molecular complexity index is 327. The van der Waals surface area contributed by atoms with Crippen LogP contribution in [0.5, 0.6) is 0 Å². The first-order valence-corrected chi connectivity index (χ1v) is 7.06. The maximum atomic E-state index is 10.8. The lowest BCUT2D eigenvalue weighted by molar-refractivity contribution is -0.114. The van der Waals surface area contributed by atoms with Gasteiger partial charge in [0, 0.05) is 18.4 Å². The molecule has 0 saturated carbocycles. The third-order valence-electron chi connectivity index (χ3n) is 1.68. The molecule has 1 aliphatic rings. The fourth-order valence-electron chi connectivity index (χ4n) is 1.01. The smallest absolute Gasteiger partial charge is 0.156 e. The van der Waals surface area contributed by atoms with Crippen LogP contribution < -0.4 is 0 Å². The summed E-state index contributed by atoms with van der Waals surface area (Å²) in [6.07, 6.45) is 4.21. The van der Waals surface area contributed by atoms with E-state index in [-0.39, 0.29) is 11.5 Å². The molecule has 0 bridgehead atoms. The van der Waals surface area contributed by atoms with E-state index >= 15 is 0 Å². The summed E-state index contributed by atoms with van der Waals surface area (Å²) in [4.78, 5) is 11.8. The van der Waals surface area contributed by atoms with E-state index in [4.69, 9.17) is 0 Å².